The molecule has 2 N–H and O–H groups in total. The van der Waals surface area contributed by atoms with Gasteiger partial charge in [0.25, 0.3) is 0 Å². The van der Waals surface area contributed by atoms with Crippen LogP contribution in [0.25, 0.3) is 0 Å². The fourth-order valence-electron chi connectivity index (χ4n) is 4.86. The monoisotopic (exact) mass is 267 g/mol. The van der Waals surface area contributed by atoms with Gasteiger partial charge in [-0.15, -0.1) is 0 Å². The van der Waals surface area contributed by atoms with Gasteiger partial charge in [-0.1, -0.05) is 0 Å². The molecule has 0 heterocycles. The van der Waals surface area contributed by atoms with Crippen molar-refractivity contribution >= 4 is 6.09 Å². The average molecular weight is 267 g/mol. The highest BCUT2D eigenvalue weighted by atomic mass is 16.5. The first-order valence-electron chi connectivity index (χ1n) is 7.79. The number of nitrogens with one attached hydrogen (secondary N) is 2. The zero-order valence-corrected chi connectivity index (χ0v) is 12.2. The van der Waals surface area contributed by atoms with Gasteiger partial charge >= 0.3 is 6.09 Å². The van der Waals surface area contributed by atoms with Crippen LogP contribution in [0, 0.1) is 17.8 Å². The molecule has 0 unspecified atom stereocenters. The van der Waals surface area contributed by atoms with Crippen LogP contribution < -0.4 is 10.2 Å². The lowest BCUT2D eigenvalue weighted by Gasteiger charge is -2.56. The van der Waals surface area contributed by atoms with E-state index >= 15 is 0 Å². The Morgan fingerprint density at radius 3 is 2.16 bits per heavy atom. The molecule has 4 saturated carbocycles. The molecule has 4 fully saturated rings. The van der Waals surface area contributed by atoms with Crippen molar-refractivity contribution in [2.45, 2.75) is 44.1 Å². The largest absolute Gasteiger partial charge is 0.444 e. The molecule has 0 aromatic rings. The Bertz CT molecular complexity index is 319. The molecular weight excluding hydrogens is 240 g/mol. The van der Waals surface area contributed by atoms with Gasteiger partial charge in [0.15, 0.2) is 0 Å². The molecule has 0 radical (unpaired) electrons. The second-order valence-corrected chi connectivity index (χ2v) is 7.42. The molecule has 0 aliphatic heterocycles. The van der Waals surface area contributed by atoms with E-state index in [0.717, 1.165) is 24.3 Å². The van der Waals surface area contributed by atoms with Crippen LogP contribution >= 0.6 is 0 Å². The van der Waals surface area contributed by atoms with E-state index in [4.69, 9.17) is 4.74 Å². The van der Waals surface area contributed by atoms with Gasteiger partial charge in [0.1, 0.15) is 13.2 Å². The van der Waals surface area contributed by atoms with E-state index in [1.807, 2.05) is 0 Å². The van der Waals surface area contributed by atoms with Crippen LogP contribution in [0.4, 0.5) is 4.79 Å². The predicted octanol–water partition coefficient (Wildman–Crippen LogP) is 0.826. The maximum absolute atomic E-state index is 12.0. The van der Waals surface area contributed by atoms with Crippen LogP contribution in [0.1, 0.15) is 38.5 Å². The summed E-state index contributed by atoms with van der Waals surface area (Å²) in [6.45, 7) is 1.38. The lowest BCUT2D eigenvalue weighted by molar-refractivity contribution is -0.858. The molecule has 4 aliphatic rings. The number of amides is 1. The van der Waals surface area contributed by atoms with Crippen LogP contribution in [0.2, 0.25) is 0 Å². The molecule has 0 aromatic heterocycles. The van der Waals surface area contributed by atoms with E-state index in [0.29, 0.717) is 6.61 Å². The second kappa shape index (κ2) is 4.97. The van der Waals surface area contributed by atoms with Crippen molar-refractivity contribution in [1.29, 1.82) is 0 Å². The Labute approximate surface area is 115 Å². The first-order valence-corrected chi connectivity index (χ1v) is 7.79. The Hall–Kier alpha value is -0.770. The molecular formula is C15H27N2O2+. The zero-order chi connectivity index (χ0) is 13.5. The van der Waals surface area contributed by atoms with E-state index < -0.39 is 0 Å². The van der Waals surface area contributed by atoms with Crippen LogP contribution in [0.3, 0.4) is 0 Å². The van der Waals surface area contributed by atoms with E-state index in [-0.39, 0.29) is 11.6 Å². The van der Waals surface area contributed by atoms with Gasteiger partial charge in [0.2, 0.25) is 0 Å². The quantitative estimate of drug-likeness (QED) is 0.792. The number of hydrogen-bond donors (Lipinski definition) is 2. The van der Waals surface area contributed by atoms with E-state index in [1.165, 1.54) is 43.4 Å². The van der Waals surface area contributed by atoms with Crippen molar-refractivity contribution in [3.05, 3.63) is 0 Å². The first kappa shape index (κ1) is 13.2. The zero-order valence-electron chi connectivity index (χ0n) is 12.2. The fourth-order valence-corrected chi connectivity index (χ4v) is 4.86. The summed E-state index contributed by atoms with van der Waals surface area (Å²) in [5.74, 6) is 2.58. The summed E-state index contributed by atoms with van der Waals surface area (Å²) in [5.41, 5.74) is 0.0802. The summed E-state index contributed by atoms with van der Waals surface area (Å²) >= 11 is 0. The van der Waals surface area contributed by atoms with Gasteiger partial charge in [-0.2, -0.15) is 0 Å². The van der Waals surface area contributed by atoms with Gasteiger partial charge in [0.05, 0.1) is 14.1 Å². The number of carbonyl (C=O) groups is 1. The normalized spacial score (nSPS) is 39.6. The molecule has 108 valence electrons. The highest BCUT2D eigenvalue weighted by Gasteiger charge is 2.51. The maximum Gasteiger partial charge on any atom is 0.407 e. The van der Waals surface area contributed by atoms with Crippen LogP contribution in [0.5, 0.6) is 0 Å². The molecule has 0 spiro atoms. The number of rotatable bonds is 4. The molecule has 0 atom stereocenters. The summed E-state index contributed by atoms with van der Waals surface area (Å²) < 4.78 is 5.32. The minimum Gasteiger partial charge on any atom is -0.444 e. The van der Waals surface area contributed by atoms with Crippen molar-refractivity contribution in [1.82, 2.24) is 5.32 Å². The lowest BCUT2D eigenvalue weighted by atomic mass is 9.53. The van der Waals surface area contributed by atoms with Gasteiger partial charge in [0, 0.05) is 5.54 Å². The van der Waals surface area contributed by atoms with E-state index in [1.54, 1.807) is 0 Å². The summed E-state index contributed by atoms with van der Waals surface area (Å²) in [7, 11) is 4.14. The SMILES string of the molecule is C[NH+](C)CCOC(=O)NC12CC3CC(CC(C3)C1)C2. The van der Waals surface area contributed by atoms with E-state index in [2.05, 4.69) is 19.4 Å². The number of carbonyl (C=O) groups excluding carboxylic acids is 1. The van der Waals surface area contributed by atoms with E-state index in [9.17, 15) is 4.79 Å². The average Bonchev–Trinajstić information content (AvgIpc) is 2.25. The third-order valence-electron chi connectivity index (χ3n) is 5.24. The Morgan fingerprint density at radius 2 is 1.68 bits per heavy atom. The van der Waals surface area contributed by atoms with Gasteiger partial charge in [-0.05, 0) is 56.3 Å². The van der Waals surface area contributed by atoms with Crippen molar-refractivity contribution in [3.8, 4) is 0 Å². The third-order valence-corrected chi connectivity index (χ3v) is 5.24. The van der Waals surface area contributed by atoms with Gasteiger partial charge < -0.3 is 15.0 Å². The lowest BCUT2D eigenvalue weighted by Crippen LogP contribution is -3.06. The van der Waals surface area contributed by atoms with Crippen molar-refractivity contribution in [2.24, 2.45) is 17.8 Å². The maximum atomic E-state index is 12.0. The van der Waals surface area contributed by atoms with Crippen LogP contribution in [-0.2, 0) is 4.74 Å². The summed E-state index contributed by atoms with van der Waals surface area (Å²) in [5, 5.41) is 3.23. The Kier molecular flexibility index (Phi) is 3.46. The van der Waals surface area contributed by atoms with Crippen molar-refractivity contribution in [2.75, 3.05) is 27.2 Å². The second-order valence-electron chi connectivity index (χ2n) is 7.42. The summed E-state index contributed by atoms with van der Waals surface area (Å²) in [6.07, 6.45) is 7.58. The standard InChI is InChI=1S/C15H26N2O2/c1-17(2)3-4-19-14(18)16-15-8-11-5-12(9-15)7-13(6-11)10-15/h11-13H,3-10H2,1-2H3,(H,16,18)/p+1. The van der Waals surface area contributed by atoms with Crippen LogP contribution in [0.15, 0.2) is 0 Å². The minimum atomic E-state index is -0.191. The Morgan fingerprint density at radius 1 is 1.16 bits per heavy atom. The third kappa shape index (κ3) is 2.88. The highest BCUT2D eigenvalue weighted by Crippen LogP contribution is 2.55. The Balaban J connectivity index is 1.53. The van der Waals surface area contributed by atoms with Crippen LogP contribution in [-0.4, -0.2) is 38.9 Å². The minimum absolute atomic E-state index is 0.0802. The smallest absolute Gasteiger partial charge is 0.407 e. The number of hydrogen-bond acceptors (Lipinski definition) is 2. The molecule has 4 heteroatoms. The number of quaternary nitrogens is 1. The molecule has 1 amide bonds. The number of likely N-dealkylation sites (N-methyl/N-ethyl adjacent to an activating group) is 1. The molecule has 19 heavy (non-hydrogen) atoms. The van der Waals surface area contributed by atoms with Gasteiger partial charge in [-0.3, -0.25) is 0 Å². The number of ether oxygens (including phenoxy) is 1. The highest BCUT2D eigenvalue weighted by molar-refractivity contribution is 5.68. The molecule has 0 saturated heterocycles. The number of alkyl carbamates (subject to hydrolysis) is 1. The molecule has 4 bridgehead atoms. The molecule has 0 aromatic carbocycles. The van der Waals surface area contributed by atoms with Crippen molar-refractivity contribution in [3.63, 3.8) is 0 Å². The molecule has 4 aliphatic carbocycles. The molecule has 4 rings (SSSR count). The van der Waals surface area contributed by atoms with Crippen molar-refractivity contribution < 1.29 is 14.4 Å². The fraction of sp³-hybridized carbons (Fsp3) is 0.933. The summed E-state index contributed by atoms with van der Waals surface area (Å²) in [4.78, 5) is 13.3. The molecule has 4 nitrogen and oxygen atoms in total. The predicted molar refractivity (Wildman–Crippen MR) is 73.1 cm³/mol. The van der Waals surface area contributed by atoms with Gasteiger partial charge in [-0.25, -0.2) is 4.79 Å². The first-order chi connectivity index (χ1) is 9.05. The summed E-state index contributed by atoms with van der Waals surface area (Å²) in [6, 6.07) is 0. The topological polar surface area (TPSA) is 42.8 Å².